The quantitative estimate of drug-likeness (QED) is 0.781. The van der Waals surface area contributed by atoms with E-state index in [1.807, 2.05) is 11.3 Å². The molecule has 1 aliphatic carbocycles. The molecule has 0 unspecified atom stereocenters. The van der Waals surface area contributed by atoms with Gasteiger partial charge in [0.15, 0.2) is 0 Å². The number of benzene rings is 1. The first-order chi connectivity index (χ1) is 6.93. The van der Waals surface area contributed by atoms with Crippen LogP contribution in [0.15, 0.2) is 29.6 Å². The summed E-state index contributed by atoms with van der Waals surface area (Å²) in [7, 11) is 0. The number of hydrogen-bond acceptors (Lipinski definition) is 2. The maximum absolute atomic E-state index is 3.61. The maximum atomic E-state index is 3.61. The summed E-state index contributed by atoms with van der Waals surface area (Å²) < 4.78 is 1.38. The van der Waals surface area contributed by atoms with Gasteiger partial charge in [-0.05, 0) is 25.3 Å². The molecule has 2 aromatic rings. The fraction of sp³-hybridized carbons (Fsp3) is 0.333. The van der Waals surface area contributed by atoms with Gasteiger partial charge in [-0.15, -0.1) is 11.3 Å². The van der Waals surface area contributed by atoms with Gasteiger partial charge in [-0.3, -0.25) is 0 Å². The lowest BCUT2D eigenvalue weighted by molar-refractivity contribution is 0.446. The predicted molar refractivity (Wildman–Crippen MR) is 63.1 cm³/mol. The van der Waals surface area contributed by atoms with Crippen LogP contribution in [-0.4, -0.2) is 6.04 Å². The topological polar surface area (TPSA) is 12.0 Å². The number of rotatable bonds is 2. The minimum Gasteiger partial charge on any atom is -0.381 e. The number of anilines is 1. The summed E-state index contributed by atoms with van der Waals surface area (Å²) in [5.41, 5.74) is 1.33. The zero-order valence-corrected chi connectivity index (χ0v) is 8.81. The minimum atomic E-state index is 0.730. The molecule has 0 bridgehead atoms. The molecule has 3 rings (SSSR count). The van der Waals surface area contributed by atoms with Crippen LogP contribution in [0, 0.1) is 0 Å². The second-order valence-corrected chi connectivity index (χ2v) is 4.83. The Morgan fingerprint density at radius 3 is 2.86 bits per heavy atom. The van der Waals surface area contributed by atoms with Crippen molar-refractivity contribution in [1.29, 1.82) is 0 Å². The third-order valence-electron chi connectivity index (χ3n) is 2.95. The Kier molecular flexibility index (Phi) is 1.95. The Bertz CT molecular complexity index is 442. The van der Waals surface area contributed by atoms with Crippen LogP contribution in [0.3, 0.4) is 0 Å². The van der Waals surface area contributed by atoms with E-state index < -0.39 is 0 Å². The first-order valence-corrected chi connectivity index (χ1v) is 6.04. The third kappa shape index (κ3) is 1.30. The SMILES string of the molecule is c1ccc2c(NC3CCC3)csc2c1. The fourth-order valence-corrected chi connectivity index (χ4v) is 2.76. The van der Waals surface area contributed by atoms with Gasteiger partial charge in [-0.25, -0.2) is 0 Å². The Balaban J connectivity index is 1.95. The van der Waals surface area contributed by atoms with Gasteiger partial charge in [0.2, 0.25) is 0 Å². The van der Waals surface area contributed by atoms with Crippen molar-refractivity contribution in [2.75, 3.05) is 5.32 Å². The van der Waals surface area contributed by atoms with Crippen molar-refractivity contribution in [3.8, 4) is 0 Å². The molecule has 14 heavy (non-hydrogen) atoms. The van der Waals surface area contributed by atoms with Gasteiger partial charge in [0.05, 0.1) is 5.69 Å². The van der Waals surface area contributed by atoms with Crippen LogP contribution >= 0.6 is 11.3 Å². The standard InChI is InChI=1S/C12H13NS/c1-2-7-12-10(6-1)11(8-14-12)13-9-4-3-5-9/h1-2,6-9,13H,3-5H2. The summed E-state index contributed by atoms with van der Waals surface area (Å²) in [6.07, 6.45) is 4.06. The van der Waals surface area contributed by atoms with Crippen LogP contribution in [0.1, 0.15) is 19.3 Å². The summed E-state index contributed by atoms with van der Waals surface area (Å²) in [5.74, 6) is 0. The molecule has 1 nitrogen and oxygen atoms in total. The minimum absolute atomic E-state index is 0.730. The Morgan fingerprint density at radius 2 is 2.07 bits per heavy atom. The first-order valence-electron chi connectivity index (χ1n) is 5.16. The zero-order chi connectivity index (χ0) is 9.38. The number of hydrogen-bond donors (Lipinski definition) is 1. The van der Waals surface area contributed by atoms with E-state index in [4.69, 9.17) is 0 Å². The van der Waals surface area contributed by atoms with E-state index in [0.29, 0.717) is 0 Å². The van der Waals surface area contributed by atoms with Crippen LogP contribution in [0.4, 0.5) is 5.69 Å². The predicted octanol–water partition coefficient (Wildman–Crippen LogP) is 3.87. The smallest absolute Gasteiger partial charge is 0.0531 e. The zero-order valence-electron chi connectivity index (χ0n) is 7.99. The number of thiophene rings is 1. The van der Waals surface area contributed by atoms with Gasteiger partial charge in [-0.2, -0.15) is 0 Å². The van der Waals surface area contributed by atoms with Gasteiger partial charge in [0.1, 0.15) is 0 Å². The normalized spacial score (nSPS) is 16.9. The summed E-state index contributed by atoms with van der Waals surface area (Å²) in [6, 6.07) is 9.33. The van der Waals surface area contributed by atoms with Crippen LogP contribution in [-0.2, 0) is 0 Å². The van der Waals surface area contributed by atoms with Gasteiger partial charge >= 0.3 is 0 Å². The molecule has 0 amide bonds. The summed E-state index contributed by atoms with van der Waals surface area (Å²) in [6.45, 7) is 0. The molecule has 1 saturated carbocycles. The van der Waals surface area contributed by atoms with Crippen LogP contribution in [0.25, 0.3) is 10.1 Å². The summed E-state index contributed by atoms with van der Waals surface area (Å²) in [5, 5.41) is 7.23. The van der Waals surface area contributed by atoms with Crippen molar-refractivity contribution in [2.24, 2.45) is 0 Å². The molecule has 72 valence electrons. The van der Waals surface area contributed by atoms with Crippen molar-refractivity contribution in [1.82, 2.24) is 0 Å². The lowest BCUT2D eigenvalue weighted by atomic mass is 9.93. The number of nitrogens with one attached hydrogen (secondary N) is 1. The van der Waals surface area contributed by atoms with E-state index in [9.17, 15) is 0 Å². The third-order valence-corrected chi connectivity index (χ3v) is 3.91. The monoisotopic (exact) mass is 203 g/mol. The average Bonchev–Trinajstić information content (AvgIpc) is 2.55. The maximum Gasteiger partial charge on any atom is 0.0531 e. The first kappa shape index (κ1) is 8.30. The van der Waals surface area contributed by atoms with Crippen molar-refractivity contribution >= 4 is 27.1 Å². The van der Waals surface area contributed by atoms with Crippen molar-refractivity contribution in [3.63, 3.8) is 0 Å². The van der Waals surface area contributed by atoms with E-state index in [-0.39, 0.29) is 0 Å². The van der Waals surface area contributed by atoms with E-state index in [2.05, 4.69) is 35.0 Å². The average molecular weight is 203 g/mol. The molecule has 0 spiro atoms. The molecule has 1 aromatic heterocycles. The summed E-state index contributed by atoms with van der Waals surface area (Å²) in [4.78, 5) is 0. The lowest BCUT2D eigenvalue weighted by Crippen LogP contribution is -2.26. The molecule has 1 N–H and O–H groups in total. The van der Waals surface area contributed by atoms with Gasteiger partial charge in [0.25, 0.3) is 0 Å². The second-order valence-electron chi connectivity index (χ2n) is 3.92. The highest BCUT2D eigenvalue weighted by Crippen LogP contribution is 2.32. The molecule has 1 aromatic carbocycles. The Hall–Kier alpha value is -1.02. The van der Waals surface area contributed by atoms with E-state index >= 15 is 0 Å². The molecule has 1 fully saturated rings. The van der Waals surface area contributed by atoms with E-state index in [1.54, 1.807) is 0 Å². The van der Waals surface area contributed by atoms with E-state index in [0.717, 1.165) is 6.04 Å². The van der Waals surface area contributed by atoms with Crippen molar-refractivity contribution in [3.05, 3.63) is 29.6 Å². The van der Waals surface area contributed by atoms with Gasteiger partial charge < -0.3 is 5.32 Å². The lowest BCUT2D eigenvalue weighted by Gasteiger charge is -2.27. The molecule has 0 atom stereocenters. The van der Waals surface area contributed by atoms with Crippen molar-refractivity contribution < 1.29 is 0 Å². The fourth-order valence-electron chi connectivity index (χ4n) is 1.86. The summed E-state index contributed by atoms with van der Waals surface area (Å²) >= 11 is 1.83. The molecular weight excluding hydrogens is 190 g/mol. The van der Waals surface area contributed by atoms with Gasteiger partial charge in [-0.1, -0.05) is 18.2 Å². The van der Waals surface area contributed by atoms with Gasteiger partial charge in [0, 0.05) is 21.5 Å². The number of fused-ring (bicyclic) bond motifs is 1. The molecule has 1 aliphatic rings. The molecule has 0 aliphatic heterocycles. The van der Waals surface area contributed by atoms with Crippen molar-refractivity contribution in [2.45, 2.75) is 25.3 Å². The Labute approximate surface area is 87.8 Å². The van der Waals surface area contributed by atoms with Crippen LogP contribution in [0.2, 0.25) is 0 Å². The molecule has 2 heteroatoms. The second kappa shape index (κ2) is 3.28. The molecule has 1 heterocycles. The van der Waals surface area contributed by atoms with E-state index in [1.165, 1.54) is 35.0 Å². The highest BCUT2D eigenvalue weighted by Gasteiger charge is 2.17. The Morgan fingerprint density at radius 1 is 1.21 bits per heavy atom. The van der Waals surface area contributed by atoms with Crippen LogP contribution < -0.4 is 5.32 Å². The largest absolute Gasteiger partial charge is 0.381 e. The van der Waals surface area contributed by atoms with Crippen LogP contribution in [0.5, 0.6) is 0 Å². The highest BCUT2D eigenvalue weighted by atomic mass is 32.1. The molecule has 0 saturated heterocycles. The molecular formula is C12H13NS. The molecule has 0 radical (unpaired) electrons. The highest BCUT2D eigenvalue weighted by molar-refractivity contribution is 7.17.